The highest BCUT2D eigenvalue weighted by molar-refractivity contribution is 5.35. The third-order valence-corrected chi connectivity index (χ3v) is 4.52. The van der Waals surface area contributed by atoms with E-state index in [0.29, 0.717) is 5.92 Å². The maximum absolute atomic E-state index is 6.84. The molecule has 1 atom stereocenters. The molecular formula is C16H25N. The third kappa shape index (κ3) is 2.26. The molecule has 0 saturated carbocycles. The van der Waals surface area contributed by atoms with Gasteiger partial charge in [0.1, 0.15) is 0 Å². The Balaban J connectivity index is 2.46. The highest BCUT2D eigenvalue weighted by Crippen LogP contribution is 2.40. The van der Waals surface area contributed by atoms with Crippen molar-refractivity contribution in [3.8, 4) is 0 Å². The van der Waals surface area contributed by atoms with Gasteiger partial charge in [0, 0.05) is 5.54 Å². The second-order valence-corrected chi connectivity index (χ2v) is 5.42. The quantitative estimate of drug-likeness (QED) is 0.782. The Bertz CT molecular complexity index is 368. The minimum Gasteiger partial charge on any atom is -0.321 e. The van der Waals surface area contributed by atoms with Gasteiger partial charge < -0.3 is 5.73 Å². The Kier molecular flexibility index (Phi) is 3.88. The summed E-state index contributed by atoms with van der Waals surface area (Å²) in [6.45, 7) is 4.55. The molecule has 0 bridgehead atoms. The minimum absolute atomic E-state index is 0.0867. The Morgan fingerprint density at radius 3 is 2.59 bits per heavy atom. The number of hydrogen-bond acceptors (Lipinski definition) is 1. The van der Waals surface area contributed by atoms with Crippen LogP contribution in [0.3, 0.4) is 0 Å². The van der Waals surface area contributed by atoms with Crippen molar-refractivity contribution in [1.29, 1.82) is 0 Å². The Labute approximate surface area is 105 Å². The Morgan fingerprint density at radius 2 is 1.88 bits per heavy atom. The highest BCUT2D eigenvalue weighted by Gasteiger charge is 2.36. The van der Waals surface area contributed by atoms with Crippen LogP contribution in [-0.2, 0) is 12.0 Å². The fraction of sp³-hybridized carbons (Fsp3) is 0.625. The lowest BCUT2D eigenvalue weighted by atomic mass is 9.73. The average molecular weight is 231 g/mol. The van der Waals surface area contributed by atoms with Gasteiger partial charge in [0.15, 0.2) is 0 Å². The van der Waals surface area contributed by atoms with Crippen molar-refractivity contribution in [3.05, 3.63) is 35.4 Å². The van der Waals surface area contributed by atoms with E-state index in [9.17, 15) is 0 Å². The molecule has 0 fully saturated rings. The molecule has 1 aromatic rings. The molecule has 1 unspecified atom stereocenters. The second kappa shape index (κ2) is 5.22. The summed E-state index contributed by atoms with van der Waals surface area (Å²) >= 11 is 0. The first-order chi connectivity index (χ1) is 8.22. The van der Waals surface area contributed by atoms with Gasteiger partial charge in [-0.2, -0.15) is 0 Å². The topological polar surface area (TPSA) is 26.0 Å². The average Bonchev–Trinajstić information content (AvgIpc) is 2.52. The summed E-state index contributed by atoms with van der Waals surface area (Å²) < 4.78 is 0. The fourth-order valence-corrected chi connectivity index (χ4v) is 3.50. The van der Waals surface area contributed by atoms with E-state index in [2.05, 4.69) is 38.1 Å². The lowest BCUT2D eigenvalue weighted by Crippen LogP contribution is -2.44. The van der Waals surface area contributed by atoms with E-state index in [0.717, 1.165) is 6.42 Å². The zero-order valence-electron chi connectivity index (χ0n) is 11.2. The molecule has 0 heterocycles. The van der Waals surface area contributed by atoms with E-state index in [1.54, 1.807) is 0 Å². The van der Waals surface area contributed by atoms with Crippen molar-refractivity contribution >= 4 is 0 Å². The minimum atomic E-state index is -0.0867. The van der Waals surface area contributed by atoms with Crippen LogP contribution in [0.15, 0.2) is 24.3 Å². The molecule has 0 amide bonds. The van der Waals surface area contributed by atoms with E-state index in [1.807, 2.05) is 0 Å². The van der Waals surface area contributed by atoms with Gasteiger partial charge in [0.25, 0.3) is 0 Å². The lowest BCUT2D eigenvalue weighted by Gasteiger charge is -2.37. The molecule has 1 heteroatoms. The van der Waals surface area contributed by atoms with Gasteiger partial charge in [0.05, 0.1) is 0 Å². The van der Waals surface area contributed by atoms with E-state index in [4.69, 9.17) is 5.73 Å². The van der Waals surface area contributed by atoms with E-state index >= 15 is 0 Å². The predicted octanol–water partition coefficient (Wildman–Crippen LogP) is 4.00. The highest BCUT2D eigenvalue weighted by atomic mass is 14.8. The number of rotatable bonds is 3. The summed E-state index contributed by atoms with van der Waals surface area (Å²) in [6.07, 6.45) is 7.27. The van der Waals surface area contributed by atoms with Crippen LogP contribution in [0.1, 0.15) is 57.1 Å². The van der Waals surface area contributed by atoms with Crippen LogP contribution in [0, 0.1) is 5.92 Å². The van der Waals surface area contributed by atoms with Gasteiger partial charge in [-0.15, -0.1) is 0 Å². The van der Waals surface area contributed by atoms with Crippen molar-refractivity contribution in [2.24, 2.45) is 11.7 Å². The Morgan fingerprint density at radius 1 is 1.18 bits per heavy atom. The predicted molar refractivity (Wildman–Crippen MR) is 73.9 cm³/mol. The van der Waals surface area contributed by atoms with Gasteiger partial charge >= 0.3 is 0 Å². The number of nitrogens with two attached hydrogens (primary N) is 1. The molecule has 17 heavy (non-hydrogen) atoms. The van der Waals surface area contributed by atoms with Gasteiger partial charge in [-0.1, -0.05) is 57.4 Å². The molecule has 1 nitrogen and oxygen atoms in total. The van der Waals surface area contributed by atoms with Crippen molar-refractivity contribution < 1.29 is 0 Å². The van der Waals surface area contributed by atoms with Crippen molar-refractivity contribution in [2.75, 3.05) is 0 Å². The summed E-state index contributed by atoms with van der Waals surface area (Å²) in [7, 11) is 0. The smallest absolute Gasteiger partial charge is 0.0440 e. The Hall–Kier alpha value is -0.820. The van der Waals surface area contributed by atoms with Crippen LogP contribution in [0.5, 0.6) is 0 Å². The van der Waals surface area contributed by atoms with Crippen LogP contribution in [0.25, 0.3) is 0 Å². The molecule has 94 valence electrons. The maximum Gasteiger partial charge on any atom is 0.0440 e. The molecular weight excluding hydrogens is 206 g/mol. The fourth-order valence-electron chi connectivity index (χ4n) is 3.50. The molecule has 0 aliphatic heterocycles. The molecule has 1 aliphatic rings. The van der Waals surface area contributed by atoms with Gasteiger partial charge in [0.2, 0.25) is 0 Å². The zero-order chi connectivity index (χ0) is 12.3. The number of benzene rings is 1. The number of fused-ring (bicyclic) bond motifs is 1. The zero-order valence-corrected chi connectivity index (χ0v) is 11.2. The summed E-state index contributed by atoms with van der Waals surface area (Å²) in [5, 5.41) is 0. The molecule has 0 spiro atoms. The lowest BCUT2D eigenvalue weighted by molar-refractivity contribution is 0.238. The summed E-state index contributed by atoms with van der Waals surface area (Å²) in [5.74, 6) is 0.613. The summed E-state index contributed by atoms with van der Waals surface area (Å²) in [5.41, 5.74) is 9.66. The molecule has 2 rings (SSSR count). The van der Waals surface area contributed by atoms with Crippen LogP contribution in [-0.4, -0.2) is 0 Å². The first-order valence-corrected chi connectivity index (χ1v) is 7.09. The molecule has 1 aromatic carbocycles. The molecule has 0 aromatic heterocycles. The van der Waals surface area contributed by atoms with Crippen molar-refractivity contribution in [2.45, 2.75) is 57.9 Å². The summed E-state index contributed by atoms with van der Waals surface area (Å²) in [6, 6.07) is 8.83. The van der Waals surface area contributed by atoms with Crippen LogP contribution in [0.2, 0.25) is 0 Å². The SMILES string of the molecule is CCC(CC)C1(N)CCCCc2ccccc21. The first-order valence-electron chi connectivity index (χ1n) is 7.09. The third-order valence-electron chi connectivity index (χ3n) is 4.52. The van der Waals surface area contributed by atoms with E-state index in [-0.39, 0.29) is 5.54 Å². The van der Waals surface area contributed by atoms with Gasteiger partial charge in [-0.3, -0.25) is 0 Å². The van der Waals surface area contributed by atoms with Crippen LogP contribution in [0.4, 0.5) is 0 Å². The van der Waals surface area contributed by atoms with Gasteiger partial charge in [-0.25, -0.2) is 0 Å². The summed E-state index contributed by atoms with van der Waals surface area (Å²) in [4.78, 5) is 0. The molecule has 0 radical (unpaired) electrons. The first kappa shape index (κ1) is 12.6. The van der Waals surface area contributed by atoms with Crippen molar-refractivity contribution in [3.63, 3.8) is 0 Å². The van der Waals surface area contributed by atoms with E-state index in [1.165, 1.54) is 43.2 Å². The standard InChI is InChI=1S/C16H25N/c1-3-14(4-2)16(17)12-8-7-10-13-9-5-6-11-15(13)16/h5-6,9,11,14H,3-4,7-8,10,12,17H2,1-2H3. The van der Waals surface area contributed by atoms with E-state index < -0.39 is 0 Å². The molecule has 2 N–H and O–H groups in total. The van der Waals surface area contributed by atoms with Crippen LogP contribution < -0.4 is 5.73 Å². The number of hydrogen-bond donors (Lipinski definition) is 1. The second-order valence-electron chi connectivity index (χ2n) is 5.42. The number of aryl methyl sites for hydroxylation is 1. The normalized spacial score (nSPS) is 24.5. The monoisotopic (exact) mass is 231 g/mol. The largest absolute Gasteiger partial charge is 0.321 e. The molecule has 1 aliphatic carbocycles. The maximum atomic E-state index is 6.84. The van der Waals surface area contributed by atoms with Crippen molar-refractivity contribution in [1.82, 2.24) is 0 Å². The van der Waals surface area contributed by atoms with Gasteiger partial charge in [-0.05, 0) is 36.3 Å². The molecule has 0 saturated heterocycles. The van der Waals surface area contributed by atoms with Crippen LogP contribution >= 0.6 is 0 Å².